The number of ether oxygens (including phenoxy) is 2. The number of benzene rings is 2. The van der Waals surface area contributed by atoms with Crippen LogP contribution in [-0.2, 0) is 14.8 Å². The summed E-state index contributed by atoms with van der Waals surface area (Å²) in [5.74, 6) is -0.679. The van der Waals surface area contributed by atoms with Gasteiger partial charge in [-0.25, -0.2) is 13.2 Å². The van der Waals surface area contributed by atoms with E-state index in [1.165, 1.54) is 24.3 Å². The maximum atomic E-state index is 13.4. The number of nitrogens with zero attached hydrogens (tertiary/aromatic N) is 1. The Bertz CT molecular complexity index is 1230. The van der Waals surface area contributed by atoms with E-state index >= 15 is 0 Å². The van der Waals surface area contributed by atoms with Gasteiger partial charge in [0.1, 0.15) is 11.8 Å². The number of hydrogen-bond acceptors (Lipinski definition) is 6. The third-order valence-electron chi connectivity index (χ3n) is 6.00. The molecule has 174 valence electrons. The number of nitriles is 1. The molecule has 0 heterocycles. The highest BCUT2D eigenvalue weighted by Gasteiger charge is 2.32. The molecule has 2 N–H and O–H groups in total. The summed E-state index contributed by atoms with van der Waals surface area (Å²) >= 11 is 6.16. The van der Waals surface area contributed by atoms with Crippen LogP contribution in [0, 0.1) is 17.2 Å². The van der Waals surface area contributed by atoms with E-state index in [-0.39, 0.29) is 50.4 Å². The van der Waals surface area contributed by atoms with Crippen LogP contribution >= 0.6 is 11.6 Å². The average molecular weight is 491 g/mol. The Morgan fingerprint density at radius 2 is 2.00 bits per heavy atom. The molecular weight excluding hydrogens is 468 g/mol. The first kappa shape index (κ1) is 23.4. The molecule has 0 unspecified atom stereocenters. The molecule has 2 aliphatic rings. The van der Waals surface area contributed by atoms with Crippen LogP contribution in [0.4, 0.5) is 5.69 Å². The first-order chi connectivity index (χ1) is 15.7. The predicted molar refractivity (Wildman–Crippen MR) is 121 cm³/mol. The van der Waals surface area contributed by atoms with Crippen molar-refractivity contribution in [2.24, 2.45) is 5.92 Å². The van der Waals surface area contributed by atoms with Gasteiger partial charge < -0.3 is 14.6 Å². The highest BCUT2D eigenvalue weighted by Crippen LogP contribution is 2.44. The van der Waals surface area contributed by atoms with Crippen LogP contribution in [-0.4, -0.2) is 39.3 Å². The lowest BCUT2D eigenvalue weighted by Crippen LogP contribution is -2.34. The summed E-state index contributed by atoms with van der Waals surface area (Å²) in [5, 5.41) is 18.9. The monoisotopic (exact) mass is 490 g/mol. The van der Waals surface area contributed by atoms with Gasteiger partial charge in [-0.2, -0.15) is 5.26 Å². The summed E-state index contributed by atoms with van der Waals surface area (Å²) in [4.78, 5) is 11.4. The molecule has 0 atom stereocenters. The van der Waals surface area contributed by atoms with Crippen LogP contribution in [0.5, 0.6) is 5.75 Å². The van der Waals surface area contributed by atoms with Crippen molar-refractivity contribution >= 4 is 33.3 Å². The van der Waals surface area contributed by atoms with Crippen molar-refractivity contribution in [3.05, 3.63) is 52.0 Å². The summed E-state index contributed by atoms with van der Waals surface area (Å²) in [7, 11) is -2.52. The maximum Gasteiger partial charge on any atom is 0.335 e. The lowest BCUT2D eigenvalue weighted by Gasteiger charge is -2.34. The van der Waals surface area contributed by atoms with Crippen molar-refractivity contribution in [3.8, 4) is 11.8 Å². The van der Waals surface area contributed by atoms with Crippen LogP contribution in [0.1, 0.15) is 53.1 Å². The minimum absolute atomic E-state index is 0.0704. The second-order valence-corrected chi connectivity index (χ2v) is 10.4. The Morgan fingerprint density at radius 3 is 2.61 bits per heavy atom. The van der Waals surface area contributed by atoms with Crippen LogP contribution in [0.15, 0.2) is 35.2 Å². The summed E-state index contributed by atoms with van der Waals surface area (Å²) in [6, 6.07) is 8.81. The van der Waals surface area contributed by atoms with Crippen LogP contribution in [0.3, 0.4) is 0 Å². The average Bonchev–Trinajstić information content (AvgIpc) is 3.59. The number of rotatable bonds is 9. The first-order valence-corrected chi connectivity index (χ1v) is 12.4. The number of hydrogen-bond donors (Lipinski definition) is 2. The van der Waals surface area contributed by atoms with Gasteiger partial charge in [0.05, 0.1) is 39.4 Å². The van der Waals surface area contributed by atoms with Crippen molar-refractivity contribution < 1.29 is 27.8 Å². The van der Waals surface area contributed by atoms with Gasteiger partial charge in [-0.1, -0.05) is 17.7 Å². The Hall–Kier alpha value is -2.80. The Kier molecular flexibility index (Phi) is 6.52. The second-order valence-electron chi connectivity index (χ2n) is 8.38. The first-order valence-electron chi connectivity index (χ1n) is 10.5. The SMILES string of the molecule is COC1CC(COc2cc(Cl)c(C#N)cc2NS(=O)(=O)c2cc(C(=O)O)ccc2C2CC2)C1. The lowest BCUT2D eigenvalue weighted by molar-refractivity contribution is -0.0140. The zero-order chi connectivity index (χ0) is 23.8. The van der Waals surface area contributed by atoms with E-state index in [9.17, 15) is 23.6 Å². The zero-order valence-corrected chi connectivity index (χ0v) is 19.4. The number of carboxylic acids is 1. The minimum Gasteiger partial charge on any atom is -0.491 e. The third-order valence-corrected chi connectivity index (χ3v) is 7.74. The molecule has 0 amide bonds. The number of halogens is 1. The molecule has 0 saturated heterocycles. The number of aromatic carboxylic acids is 1. The van der Waals surface area contributed by atoms with Gasteiger partial charge in [0.25, 0.3) is 10.0 Å². The standard InChI is InChI=1S/C23H23ClN2O6S/c1-31-17-6-13(7-17)12-32-21-10-19(24)16(11-25)8-20(21)26-33(29,30)22-9-15(23(27)28)4-5-18(22)14-2-3-14/h4-5,8-10,13-14,17,26H,2-3,6-7,12H2,1H3,(H,27,28). The number of anilines is 1. The van der Waals surface area contributed by atoms with Gasteiger partial charge in [-0.15, -0.1) is 0 Å². The summed E-state index contributed by atoms with van der Waals surface area (Å²) in [5.41, 5.74) is 0.611. The molecule has 0 spiro atoms. The molecule has 2 fully saturated rings. The lowest BCUT2D eigenvalue weighted by atomic mass is 9.83. The molecule has 2 saturated carbocycles. The second kappa shape index (κ2) is 9.21. The fourth-order valence-electron chi connectivity index (χ4n) is 3.88. The van der Waals surface area contributed by atoms with E-state index in [2.05, 4.69) is 4.72 Å². The van der Waals surface area contributed by atoms with E-state index < -0.39 is 16.0 Å². The van der Waals surface area contributed by atoms with Crippen molar-refractivity contribution in [3.63, 3.8) is 0 Å². The summed E-state index contributed by atoms with van der Waals surface area (Å²) in [6.07, 6.45) is 3.56. The summed E-state index contributed by atoms with van der Waals surface area (Å²) < 4.78 is 40.4. The van der Waals surface area contributed by atoms with Gasteiger partial charge in [0.2, 0.25) is 0 Å². The molecule has 0 aromatic heterocycles. The fourth-order valence-corrected chi connectivity index (χ4v) is 5.46. The molecule has 33 heavy (non-hydrogen) atoms. The molecule has 10 heteroatoms. The topological polar surface area (TPSA) is 126 Å². The van der Waals surface area contributed by atoms with Gasteiger partial charge in [0.15, 0.2) is 0 Å². The Morgan fingerprint density at radius 1 is 1.27 bits per heavy atom. The van der Waals surface area contributed by atoms with E-state index in [1.54, 1.807) is 13.2 Å². The molecule has 2 aromatic carbocycles. The van der Waals surface area contributed by atoms with Crippen molar-refractivity contribution in [1.82, 2.24) is 0 Å². The number of sulfonamides is 1. The van der Waals surface area contributed by atoms with Crippen molar-refractivity contribution in [2.45, 2.75) is 42.6 Å². The highest BCUT2D eigenvalue weighted by atomic mass is 35.5. The molecular formula is C23H23ClN2O6S. The largest absolute Gasteiger partial charge is 0.491 e. The molecule has 4 rings (SSSR count). The highest BCUT2D eigenvalue weighted by molar-refractivity contribution is 7.92. The number of carboxylic acid groups (broad SMARTS) is 1. The van der Waals surface area contributed by atoms with E-state index in [0.29, 0.717) is 12.2 Å². The normalized spacial score (nSPS) is 19.9. The van der Waals surface area contributed by atoms with Gasteiger partial charge in [0, 0.05) is 13.2 Å². The van der Waals surface area contributed by atoms with E-state index in [4.69, 9.17) is 21.1 Å². The molecule has 0 aliphatic heterocycles. The molecule has 2 aliphatic carbocycles. The molecule has 0 bridgehead atoms. The Balaban J connectivity index is 1.65. The van der Waals surface area contributed by atoms with Crippen LogP contribution < -0.4 is 9.46 Å². The van der Waals surface area contributed by atoms with Gasteiger partial charge >= 0.3 is 5.97 Å². The number of methoxy groups -OCH3 is 1. The molecule has 0 radical (unpaired) electrons. The van der Waals surface area contributed by atoms with Crippen LogP contribution in [0.25, 0.3) is 0 Å². The maximum absolute atomic E-state index is 13.4. The quantitative estimate of drug-likeness (QED) is 0.533. The number of nitrogens with one attached hydrogen (secondary N) is 1. The smallest absolute Gasteiger partial charge is 0.335 e. The number of carbonyl (C=O) groups is 1. The molecule has 2 aromatic rings. The van der Waals surface area contributed by atoms with Crippen LogP contribution in [0.2, 0.25) is 5.02 Å². The van der Waals surface area contributed by atoms with Crippen molar-refractivity contribution in [1.29, 1.82) is 5.26 Å². The third kappa shape index (κ3) is 5.08. The minimum atomic E-state index is -4.17. The van der Waals surface area contributed by atoms with Gasteiger partial charge in [-0.05, 0) is 61.3 Å². The van der Waals surface area contributed by atoms with E-state index in [0.717, 1.165) is 25.7 Å². The Labute approximate surface area is 197 Å². The zero-order valence-electron chi connectivity index (χ0n) is 17.9. The predicted octanol–water partition coefficient (Wildman–Crippen LogP) is 4.39. The fraction of sp³-hybridized carbons (Fsp3) is 0.391. The van der Waals surface area contributed by atoms with E-state index in [1.807, 2.05) is 6.07 Å². The molecule has 8 nitrogen and oxygen atoms in total. The van der Waals surface area contributed by atoms with Crippen molar-refractivity contribution in [2.75, 3.05) is 18.4 Å². The summed E-state index contributed by atoms with van der Waals surface area (Å²) in [6.45, 7) is 0.346. The van der Waals surface area contributed by atoms with Gasteiger partial charge in [-0.3, -0.25) is 4.72 Å².